The molecule has 0 amide bonds. The maximum Gasteiger partial charge on any atom is 0.126 e. The lowest BCUT2D eigenvalue weighted by Crippen LogP contribution is -2.36. The Labute approximate surface area is 104 Å². The van der Waals surface area contributed by atoms with Gasteiger partial charge in [0.05, 0.1) is 0 Å². The van der Waals surface area contributed by atoms with Gasteiger partial charge in [0.1, 0.15) is 5.82 Å². The summed E-state index contributed by atoms with van der Waals surface area (Å²) in [6, 6.07) is 5.80. The molecule has 1 unspecified atom stereocenters. The minimum Gasteiger partial charge on any atom is -0.315 e. The average Bonchev–Trinajstić information content (AvgIpc) is 2.31. The van der Waals surface area contributed by atoms with Crippen molar-refractivity contribution < 1.29 is 4.39 Å². The molecule has 0 fully saturated rings. The SMILES string of the molecule is CCCNCC(C)NCc1ccc(C)c(F)c1. The van der Waals surface area contributed by atoms with Gasteiger partial charge in [-0.3, -0.25) is 0 Å². The van der Waals surface area contributed by atoms with Gasteiger partial charge in [0.15, 0.2) is 0 Å². The monoisotopic (exact) mass is 238 g/mol. The van der Waals surface area contributed by atoms with Crippen LogP contribution < -0.4 is 10.6 Å². The first-order valence-corrected chi connectivity index (χ1v) is 6.32. The Morgan fingerprint density at radius 1 is 1.35 bits per heavy atom. The Kier molecular flexibility index (Phi) is 6.16. The molecule has 1 atom stereocenters. The van der Waals surface area contributed by atoms with E-state index in [2.05, 4.69) is 24.5 Å². The fourth-order valence-corrected chi connectivity index (χ4v) is 1.61. The Bertz CT molecular complexity index is 339. The van der Waals surface area contributed by atoms with Gasteiger partial charge in [0, 0.05) is 19.1 Å². The number of aryl methyl sites for hydroxylation is 1. The van der Waals surface area contributed by atoms with Crippen molar-refractivity contribution in [3.63, 3.8) is 0 Å². The molecule has 17 heavy (non-hydrogen) atoms. The molecule has 1 aromatic carbocycles. The first kappa shape index (κ1) is 14.1. The molecular weight excluding hydrogens is 215 g/mol. The molecule has 0 heterocycles. The van der Waals surface area contributed by atoms with E-state index in [1.807, 2.05) is 12.1 Å². The van der Waals surface area contributed by atoms with Crippen LogP contribution in [0.5, 0.6) is 0 Å². The van der Waals surface area contributed by atoms with Crippen molar-refractivity contribution in [2.24, 2.45) is 0 Å². The standard InChI is InChI=1S/C14H23FN2/c1-4-7-16-9-12(3)17-10-13-6-5-11(2)14(15)8-13/h5-6,8,12,16-17H,4,7,9-10H2,1-3H3. The van der Waals surface area contributed by atoms with Crippen LogP contribution in [0.2, 0.25) is 0 Å². The van der Waals surface area contributed by atoms with E-state index in [0.717, 1.165) is 25.1 Å². The summed E-state index contributed by atoms with van der Waals surface area (Å²) in [7, 11) is 0. The third-order valence-corrected chi connectivity index (χ3v) is 2.77. The van der Waals surface area contributed by atoms with E-state index in [9.17, 15) is 4.39 Å². The van der Waals surface area contributed by atoms with E-state index in [-0.39, 0.29) is 5.82 Å². The topological polar surface area (TPSA) is 24.1 Å². The van der Waals surface area contributed by atoms with Gasteiger partial charge >= 0.3 is 0 Å². The molecule has 0 aliphatic heterocycles. The molecule has 0 spiro atoms. The van der Waals surface area contributed by atoms with Crippen molar-refractivity contribution in [2.45, 2.75) is 39.8 Å². The van der Waals surface area contributed by atoms with Crippen LogP contribution in [0.1, 0.15) is 31.4 Å². The first-order chi connectivity index (χ1) is 8.13. The maximum absolute atomic E-state index is 13.3. The predicted octanol–water partition coefficient (Wildman–Crippen LogP) is 2.61. The highest BCUT2D eigenvalue weighted by molar-refractivity contribution is 5.23. The highest BCUT2D eigenvalue weighted by Crippen LogP contribution is 2.08. The minimum atomic E-state index is -0.124. The van der Waals surface area contributed by atoms with Gasteiger partial charge in [0.2, 0.25) is 0 Å². The molecule has 0 aliphatic rings. The van der Waals surface area contributed by atoms with Gasteiger partial charge in [0.25, 0.3) is 0 Å². The number of hydrogen-bond donors (Lipinski definition) is 2. The van der Waals surface area contributed by atoms with Gasteiger partial charge in [-0.05, 0) is 44.0 Å². The van der Waals surface area contributed by atoms with Crippen LogP contribution in [0.4, 0.5) is 4.39 Å². The Balaban J connectivity index is 2.31. The fourth-order valence-electron chi connectivity index (χ4n) is 1.61. The highest BCUT2D eigenvalue weighted by Gasteiger charge is 2.02. The molecule has 96 valence electrons. The summed E-state index contributed by atoms with van der Waals surface area (Å²) in [5.41, 5.74) is 1.70. The largest absolute Gasteiger partial charge is 0.315 e. The highest BCUT2D eigenvalue weighted by atomic mass is 19.1. The summed E-state index contributed by atoms with van der Waals surface area (Å²) < 4.78 is 13.3. The molecular formula is C14H23FN2. The third-order valence-electron chi connectivity index (χ3n) is 2.77. The van der Waals surface area contributed by atoms with E-state index >= 15 is 0 Å². The Morgan fingerprint density at radius 2 is 2.12 bits per heavy atom. The Morgan fingerprint density at radius 3 is 2.76 bits per heavy atom. The summed E-state index contributed by atoms with van der Waals surface area (Å²) in [6.07, 6.45) is 1.15. The zero-order chi connectivity index (χ0) is 12.7. The van der Waals surface area contributed by atoms with E-state index in [1.54, 1.807) is 13.0 Å². The summed E-state index contributed by atoms with van der Waals surface area (Å²) >= 11 is 0. The second kappa shape index (κ2) is 7.41. The van der Waals surface area contributed by atoms with Crippen molar-refractivity contribution in [3.05, 3.63) is 35.1 Å². The molecule has 2 nitrogen and oxygen atoms in total. The lowest BCUT2D eigenvalue weighted by atomic mass is 10.1. The quantitative estimate of drug-likeness (QED) is 0.714. The van der Waals surface area contributed by atoms with Gasteiger partial charge in [-0.1, -0.05) is 19.1 Å². The predicted molar refractivity (Wildman–Crippen MR) is 70.6 cm³/mol. The summed E-state index contributed by atoms with van der Waals surface area (Å²) in [6.45, 7) is 8.77. The zero-order valence-electron chi connectivity index (χ0n) is 11.0. The molecule has 3 heteroatoms. The van der Waals surface area contributed by atoms with Crippen LogP contribution in [0.3, 0.4) is 0 Å². The van der Waals surface area contributed by atoms with E-state index < -0.39 is 0 Å². The second-order valence-corrected chi connectivity index (χ2v) is 4.57. The van der Waals surface area contributed by atoms with Crippen LogP contribution in [-0.2, 0) is 6.54 Å². The molecule has 1 rings (SSSR count). The lowest BCUT2D eigenvalue weighted by molar-refractivity contribution is 0.500. The molecule has 2 N–H and O–H groups in total. The summed E-state index contributed by atoms with van der Waals surface area (Å²) in [5, 5.41) is 6.73. The third kappa shape index (κ3) is 5.29. The van der Waals surface area contributed by atoms with Gasteiger partial charge in [-0.15, -0.1) is 0 Å². The van der Waals surface area contributed by atoms with Crippen molar-refractivity contribution in [1.29, 1.82) is 0 Å². The van der Waals surface area contributed by atoms with Crippen LogP contribution in [0, 0.1) is 12.7 Å². The van der Waals surface area contributed by atoms with Gasteiger partial charge in [-0.25, -0.2) is 4.39 Å². The second-order valence-electron chi connectivity index (χ2n) is 4.57. The number of hydrogen-bond acceptors (Lipinski definition) is 2. The lowest BCUT2D eigenvalue weighted by Gasteiger charge is -2.14. The zero-order valence-corrected chi connectivity index (χ0v) is 11.0. The van der Waals surface area contributed by atoms with Crippen LogP contribution in [0.15, 0.2) is 18.2 Å². The normalized spacial score (nSPS) is 12.7. The number of nitrogens with one attached hydrogen (secondary N) is 2. The maximum atomic E-state index is 13.3. The molecule has 0 aromatic heterocycles. The smallest absolute Gasteiger partial charge is 0.126 e. The van der Waals surface area contributed by atoms with Gasteiger partial charge < -0.3 is 10.6 Å². The van der Waals surface area contributed by atoms with Crippen LogP contribution in [0.25, 0.3) is 0 Å². The average molecular weight is 238 g/mol. The fraction of sp³-hybridized carbons (Fsp3) is 0.571. The van der Waals surface area contributed by atoms with Gasteiger partial charge in [-0.2, -0.15) is 0 Å². The molecule has 0 saturated heterocycles. The summed E-state index contributed by atoms with van der Waals surface area (Å²) in [5.74, 6) is -0.124. The Hall–Kier alpha value is -0.930. The molecule has 0 bridgehead atoms. The van der Waals surface area contributed by atoms with E-state index in [1.165, 1.54) is 0 Å². The van der Waals surface area contributed by atoms with E-state index in [4.69, 9.17) is 0 Å². The molecule has 0 aliphatic carbocycles. The number of benzene rings is 1. The number of rotatable bonds is 7. The van der Waals surface area contributed by atoms with Crippen molar-refractivity contribution >= 4 is 0 Å². The first-order valence-electron chi connectivity index (χ1n) is 6.32. The number of halogens is 1. The molecule has 0 radical (unpaired) electrons. The van der Waals surface area contributed by atoms with Crippen LogP contribution in [-0.4, -0.2) is 19.1 Å². The van der Waals surface area contributed by atoms with E-state index in [0.29, 0.717) is 18.2 Å². The molecule has 1 aromatic rings. The summed E-state index contributed by atoms with van der Waals surface area (Å²) in [4.78, 5) is 0. The van der Waals surface area contributed by atoms with Crippen molar-refractivity contribution in [1.82, 2.24) is 10.6 Å². The molecule has 0 saturated carbocycles. The van der Waals surface area contributed by atoms with Crippen LogP contribution >= 0.6 is 0 Å². The van der Waals surface area contributed by atoms with Crippen molar-refractivity contribution in [3.8, 4) is 0 Å². The minimum absolute atomic E-state index is 0.124. The van der Waals surface area contributed by atoms with Crippen molar-refractivity contribution in [2.75, 3.05) is 13.1 Å².